The molecule has 3 rings (SSSR count). The van der Waals surface area contributed by atoms with Gasteiger partial charge in [-0.3, -0.25) is 9.69 Å². The highest BCUT2D eigenvalue weighted by atomic mass is 32.2. The summed E-state index contributed by atoms with van der Waals surface area (Å²) in [5.74, 6) is 0.249. The molecule has 0 saturated carbocycles. The van der Waals surface area contributed by atoms with Crippen LogP contribution in [0.25, 0.3) is 0 Å². The molecule has 0 radical (unpaired) electrons. The summed E-state index contributed by atoms with van der Waals surface area (Å²) in [4.78, 5) is 16.4. The third-order valence-electron chi connectivity index (χ3n) is 4.96. The van der Waals surface area contributed by atoms with Crippen molar-refractivity contribution in [3.63, 3.8) is 0 Å². The zero-order chi connectivity index (χ0) is 20.7. The zero-order valence-electron chi connectivity index (χ0n) is 16.3. The monoisotopic (exact) mass is 433 g/mol. The van der Waals surface area contributed by atoms with Crippen LogP contribution in [0.5, 0.6) is 0 Å². The molecule has 29 heavy (non-hydrogen) atoms. The van der Waals surface area contributed by atoms with E-state index in [1.807, 2.05) is 0 Å². The lowest BCUT2D eigenvalue weighted by Gasteiger charge is -2.32. The molecule has 2 aromatic rings. The summed E-state index contributed by atoms with van der Waals surface area (Å²) < 4.78 is 26.6. The molecule has 0 aliphatic carbocycles. The molecule has 0 bridgehead atoms. The van der Waals surface area contributed by atoms with Crippen LogP contribution < -0.4 is 10.0 Å². The number of likely N-dealkylation sites (tertiary alicyclic amines) is 1. The summed E-state index contributed by atoms with van der Waals surface area (Å²) in [6.07, 6.45) is 3.72. The third kappa shape index (κ3) is 6.24. The van der Waals surface area contributed by atoms with Gasteiger partial charge in [0.25, 0.3) is 5.91 Å². The van der Waals surface area contributed by atoms with Crippen LogP contribution in [0.1, 0.15) is 28.1 Å². The fourth-order valence-corrected chi connectivity index (χ4v) is 5.21. The molecule has 1 atom stereocenters. The van der Waals surface area contributed by atoms with Crippen molar-refractivity contribution in [3.05, 3.63) is 64.9 Å². The first-order valence-corrected chi connectivity index (χ1v) is 12.1. The lowest BCUT2D eigenvalue weighted by atomic mass is 9.98. The van der Waals surface area contributed by atoms with Crippen molar-refractivity contribution >= 4 is 27.3 Å². The van der Waals surface area contributed by atoms with E-state index in [9.17, 15) is 13.2 Å². The number of sulfonamides is 1. The standard InChI is InChI=1S/C21H27N3O3S2/c1-2-11-23-29(26,27)20-9-7-18(8-10-20)21(25)22-14-17-5-3-12-24(15-17)16-19-6-4-13-28-19/h2,4,6-10,13,17,23H,1,3,5,11-12,14-16H2,(H,22,25). The molecule has 6 nitrogen and oxygen atoms in total. The molecular weight excluding hydrogens is 406 g/mol. The number of hydrogen-bond donors (Lipinski definition) is 2. The van der Waals surface area contributed by atoms with Gasteiger partial charge in [-0.25, -0.2) is 13.1 Å². The highest BCUT2D eigenvalue weighted by Crippen LogP contribution is 2.20. The minimum absolute atomic E-state index is 0.132. The van der Waals surface area contributed by atoms with E-state index >= 15 is 0 Å². The molecular formula is C21H27N3O3S2. The van der Waals surface area contributed by atoms with Crippen LogP contribution in [0.3, 0.4) is 0 Å². The molecule has 2 heterocycles. The van der Waals surface area contributed by atoms with E-state index < -0.39 is 10.0 Å². The third-order valence-corrected chi connectivity index (χ3v) is 7.26. The summed E-state index contributed by atoms with van der Waals surface area (Å²) in [5, 5.41) is 5.10. The second-order valence-corrected chi connectivity index (χ2v) is 10.00. The lowest BCUT2D eigenvalue weighted by Crippen LogP contribution is -2.40. The van der Waals surface area contributed by atoms with E-state index in [1.54, 1.807) is 23.5 Å². The number of carbonyl (C=O) groups is 1. The Labute approximate surface area is 176 Å². The first kappa shape index (κ1) is 21.7. The fourth-order valence-electron chi connectivity index (χ4n) is 3.46. The van der Waals surface area contributed by atoms with Gasteiger partial charge < -0.3 is 5.32 Å². The van der Waals surface area contributed by atoms with Crippen molar-refractivity contribution in [2.24, 2.45) is 5.92 Å². The van der Waals surface area contributed by atoms with Gasteiger partial charge in [-0.1, -0.05) is 12.1 Å². The van der Waals surface area contributed by atoms with Gasteiger partial charge in [0.1, 0.15) is 0 Å². The molecule has 8 heteroatoms. The predicted molar refractivity (Wildman–Crippen MR) is 116 cm³/mol. The molecule has 1 aliphatic rings. The average Bonchev–Trinajstić information content (AvgIpc) is 3.24. The Morgan fingerprint density at radius 2 is 2.07 bits per heavy atom. The number of thiophene rings is 1. The number of hydrogen-bond acceptors (Lipinski definition) is 5. The number of nitrogens with one attached hydrogen (secondary N) is 2. The molecule has 1 aliphatic heterocycles. The average molecular weight is 434 g/mol. The smallest absolute Gasteiger partial charge is 0.251 e. The van der Waals surface area contributed by atoms with Crippen molar-refractivity contribution < 1.29 is 13.2 Å². The Balaban J connectivity index is 1.50. The molecule has 1 fully saturated rings. The molecule has 2 N–H and O–H groups in total. The van der Waals surface area contributed by atoms with Gasteiger partial charge in [-0.15, -0.1) is 17.9 Å². The Morgan fingerprint density at radius 1 is 1.28 bits per heavy atom. The van der Waals surface area contributed by atoms with E-state index in [0.717, 1.165) is 32.5 Å². The van der Waals surface area contributed by atoms with Crippen molar-refractivity contribution in [2.45, 2.75) is 24.3 Å². The van der Waals surface area contributed by atoms with Gasteiger partial charge in [0.15, 0.2) is 0 Å². The van der Waals surface area contributed by atoms with E-state index in [0.29, 0.717) is 18.0 Å². The van der Waals surface area contributed by atoms with Crippen LogP contribution in [0.2, 0.25) is 0 Å². The SMILES string of the molecule is C=CCNS(=O)(=O)c1ccc(C(=O)NCC2CCCN(Cc3cccs3)C2)cc1. The lowest BCUT2D eigenvalue weighted by molar-refractivity contribution is 0.0931. The molecule has 1 amide bonds. The van der Waals surface area contributed by atoms with Gasteiger partial charge in [0, 0.05) is 36.6 Å². The number of piperidine rings is 1. The van der Waals surface area contributed by atoms with Gasteiger partial charge in [-0.2, -0.15) is 0 Å². The van der Waals surface area contributed by atoms with Crippen LogP contribution >= 0.6 is 11.3 Å². The highest BCUT2D eigenvalue weighted by molar-refractivity contribution is 7.89. The van der Waals surface area contributed by atoms with Gasteiger partial charge in [-0.05, 0) is 61.0 Å². The van der Waals surface area contributed by atoms with E-state index in [-0.39, 0.29) is 17.3 Å². The summed E-state index contributed by atoms with van der Waals surface area (Å²) in [5.41, 5.74) is 0.457. The van der Waals surface area contributed by atoms with Gasteiger partial charge in [0.2, 0.25) is 10.0 Å². The fraction of sp³-hybridized carbons (Fsp3) is 0.381. The highest BCUT2D eigenvalue weighted by Gasteiger charge is 2.21. The Morgan fingerprint density at radius 3 is 2.76 bits per heavy atom. The first-order chi connectivity index (χ1) is 14.0. The van der Waals surface area contributed by atoms with Crippen LogP contribution in [0.15, 0.2) is 59.3 Å². The Bertz CT molecular complexity index is 909. The molecule has 156 valence electrons. The first-order valence-electron chi connectivity index (χ1n) is 9.71. The van der Waals surface area contributed by atoms with Crippen molar-refractivity contribution in [2.75, 3.05) is 26.2 Å². The van der Waals surface area contributed by atoms with Crippen LogP contribution in [-0.2, 0) is 16.6 Å². The van der Waals surface area contributed by atoms with Crippen LogP contribution in [-0.4, -0.2) is 45.4 Å². The quantitative estimate of drug-likeness (QED) is 0.596. The van der Waals surface area contributed by atoms with Gasteiger partial charge >= 0.3 is 0 Å². The zero-order valence-corrected chi connectivity index (χ0v) is 18.0. The van der Waals surface area contributed by atoms with Crippen molar-refractivity contribution in [1.82, 2.24) is 14.9 Å². The van der Waals surface area contributed by atoms with Gasteiger partial charge in [0.05, 0.1) is 4.90 Å². The van der Waals surface area contributed by atoms with Crippen molar-refractivity contribution in [1.29, 1.82) is 0 Å². The molecule has 1 unspecified atom stereocenters. The minimum Gasteiger partial charge on any atom is -0.352 e. The number of nitrogens with zero attached hydrogens (tertiary/aromatic N) is 1. The minimum atomic E-state index is -3.58. The summed E-state index contributed by atoms with van der Waals surface area (Å²) in [6, 6.07) is 10.2. The summed E-state index contributed by atoms with van der Waals surface area (Å²) in [6.45, 7) is 7.32. The van der Waals surface area contributed by atoms with E-state index in [1.165, 1.54) is 23.1 Å². The molecule has 1 saturated heterocycles. The van der Waals surface area contributed by atoms with E-state index in [2.05, 4.69) is 39.0 Å². The number of benzene rings is 1. The maximum absolute atomic E-state index is 12.5. The maximum atomic E-state index is 12.5. The molecule has 0 spiro atoms. The Hall–Kier alpha value is -2.00. The second kappa shape index (κ2) is 10.2. The second-order valence-electron chi connectivity index (χ2n) is 7.20. The number of carbonyl (C=O) groups excluding carboxylic acids is 1. The number of rotatable bonds is 9. The molecule has 1 aromatic carbocycles. The topological polar surface area (TPSA) is 78.5 Å². The normalized spacial score (nSPS) is 17.7. The Kier molecular flexibility index (Phi) is 7.60. The van der Waals surface area contributed by atoms with E-state index in [4.69, 9.17) is 0 Å². The summed E-state index contributed by atoms with van der Waals surface area (Å²) in [7, 11) is -3.58. The number of amides is 1. The van der Waals surface area contributed by atoms with Crippen LogP contribution in [0, 0.1) is 5.92 Å². The summed E-state index contributed by atoms with van der Waals surface area (Å²) >= 11 is 1.78. The predicted octanol–water partition coefficient (Wildman–Crippen LogP) is 2.85. The van der Waals surface area contributed by atoms with Crippen molar-refractivity contribution in [3.8, 4) is 0 Å². The maximum Gasteiger partial charge on any atom is 0.251 e. The molecule has 1 aromatic heterocycles. The largest absolute Gasteiger partial charge is 0.352 e. The van der Waals surface area contributed by atoms with Crippen LogP contribution in [0.4, 0.5) is 0 Å².